The monoisotopic (exact) mass is 493 g/mol. The van der Waals surface area contributed by atoms with Gasteiger partial charge in [0.2, 0.25) is 0 Å². The van der Waals surface area contributed by atoms with Gasteiger partial charge in [0, 0.05) is 48.9 Å². The number of carbonyl (C=O) groups is 2. The number of pyridine rings is 1. The Morgan fingerprint density at radius 1 is 1.11 bits per heavy atom. The molecule has 188 valence electrons. The first-order valence-electron chi connectivity index (χ1n) is 11.3. The van der Waals surface area contributed by atoms with Gasteiger partial charge in [-0.3, -0.25) is 15.1 Å². The number of allylic oxidation sites excluding steroid dienone is 2. The number of carbonyl (C=O) groups excluding carboxylic acids is 2. The van der Waals surface area contributed by atoms with Gasteiger partial charge < -0.3 is 19.9 Å². The Morgan fingerprint density at radius 3 is 2.42 bits per heavy atom. The van der Waals surface area contributed by atoms with Crippen molar-refractivity contribution in [2.45, 2.75) is 26.2 Å². The van der Waals surface area contributed by atoms with Crippen LogP contribution < -0.4 is 5.32 Å². The van der Waals surface area contributed by atoms with Crippen molar-refractivity contribution in [1.29, 1.82) is 0 Å². The minimum atomic E-state index is -0.954. The lowest BCUT2D eigenvalue weighted by molar-refractivity contribution is -0.384. The molecule has 1 atom stereocenters. The predicted molar refractivity (Wildman–Crippen MR) is 131 cm³/mol. The van der Waals surface area contributed by atoms with Crippen molar-refractivity contribution in [1.82, 2.24) is 10.3 Å². The minimum Gasteiger partial charge on any atom is -0.462 e. The number of aliphatic hydroxyl groups excluding tert-OH is 1. The summed E-state index contributed by atoms with van der Waals surface area (Å²) in [5, 5.41) is 23.5. The van der Waals surface area contributed by atoms with Gasteiger partial charge in [-0.05, 0) is 43.2 Å². The van der Waals surface area contributed by atoms with Crippen molar-refractivity contribution in [2.75, 3.05) is 19.8 Å². The van der Waals surface area contributed by atoms with Crippen molar-refractivity contribution >= 4 is 23.7 Å². The molecule has 3 rings (SSSR count). The SMILES string of the molecule is CC1=C(C(=O)OC/C=C/c2ccncc2)C(c2cccc([N+](=O)[O-])c2)C(C(=O)OCCCO)=C(C)N1. The smallest absolute Gasteiger partial charge is 0.337 e. The fourth-order valence-corrected chi connectivity index (χ4v) is 3.85. The van der Waals surface area contributed by atoms with Gasteiger partial charge in [0.05, 0.1) is 28.6 Å². The van der Waals surface area contributed by atoms with Gasteiger partial charge in [0.15, 0.2) is 0 Å². The van der Waals surface area contributed by atoms with Crippen LogP contribution in [0.15, 0.2) is 77.4 Å². The maximum atomic E-state index is 13.3. The lowest BCUT2D eigenvalue weighted by Crippen LogP contribution is -2.32. The highest BCUT2D eigenvalue weighted by Crippen LogP contribution is 2.40. The van der Waals surface area contributed by atoms with E-state index in [1.54, 1.807) is 56.6 Å². The van der Waals surface area contributed by atoms with Gasteiger partial charge in [-0.1, -0.05) is 18.2 Å². The molecule has 0 spiro atoms. The molecule has 1 aromatic carbocycles. The number of esters is 2. The third kappa shape index (κ3) is 6.42. The van der Waals surface area contributed by atoms with E-state index in [1.165, 1.54) is 18.2 Å². The van der Waals surface area contributed by atoms with Gasteiger partial charge in [-0.2, -0.15) is 0 Å². The van der Waals surface area contributed by atoms with E-state index < -0.39 is 22.8 Å². The summed E-state index contributed by atoms with van der Waals surface area (Å²) in [4.78, 5) is 41.1. The molecule has 0 amide bonds. The Labute approximate surface area is 208 Å². The number of benzene rings is 1. The lowest BCUT2D eigenvalue weighted by atomic mass is 9.80. The first-order chi connectivity index (χ1) is 17.3. The number of ether oxygens (including phenoxy) is 2. The van der Waals surface area contributed by atoms with Crippen LogP contribution in [0.4, 0.5) is 5.69 Å². The average molecular weight is 494 g/mol. The first kappa shape index (κ1) is 26.3. The largest absolute Gasteiger partial charge is 0.462 e. The molecule has 0 fully saturated rings. The molecule has 0 radical (unpaired) electrons. The number of aliphatic hydroxyl groups is 1. The summed E-state index contributed by atoms with van der Waals surface area (Å²) in [5.41, 5.74) is 2.27. The molecular formula is C26H27N3O7. The van der Waals surface area contributed by atoms with E-state index in [0.717, 1.165) is 5.56 Å². The summed E-state index contributed by atoms with van der Waals surface area (Å²) in [7, 11) is 0. The van der Waals surface area contributed by atoms with E-state index in [1.807, 2.05) is 0 Å². The number of non-ortho nitro benzene ring substituents is 1. The minimum absolute atomic E-state index is 0.0178. The summed E-state index contributed by atoms with van der Waals surface area (Å²) in [6.07, 6.45) is 6.99. The van der Waals surface area contributed by atoms with E-state index in [0.29, 0.717) is 17.0 Å². The Kier molecular flexibility index (Phi) is 9.07. The molecule has 0 saturated heterocycles. The summed E-state index contributed by atoms with van der Waals surface area (Å²) in [6, 6.07) is 9.37. The molecule has 1 aromatic heterocycles. The quantitative estimate of drug-likeness (QED) is 0.220. The molecule has 10 nitrogen and oxygen atoms in total. The number of nitro benzene ring substituents is 1. The van der Waals surface area contributed by atoms with E-state index in [-0.39, 0.29) is 43.1 Å². The molecule has 0 aliphatic carbocycles. The second-order valence-electron chi connectivity index (χ2n) is 7.98. The summed E-state index contributed by atoms with van der Waals surface area (Å²) in [5.74, 6) is -2.33. The Hall–Kier alpha value is -4.31. The van der Waals surface area contributed by atoms with Crippen molar-refractivity contribution in [2.24, 2.45) is 0 Å². The fourth-order valence-electron chi connectivity index (χ4n) is 3.85. The molecule has 1 aliphatic rings. The first-order valence-corrected chi connectivity index (χ1v) is 11.3. The van der Waals surface area contributed by atoms with Crippen molar-refractivity contribution in [3.8, 4) is 0 Å². The van der Waals surface area contributed by atoms with Crippen LogP contribution in [0.2, 0.25) is 0 Å². The highest BCUT2D eigenvalue weighted by atomic mass is 16.6. The van der Waals surface area contributed by atoms with Crippen LogP contribution in [0.1, 0.15) is 37.3 Å². The van der Waals surface area contributed by atoms with Gasteiger partial charge in [0.1, 0.15) is 6.61 Å². The molecule has 10 heteroatoms. The molecule has 2 heterocycles. The molecule has 1 unspecified atom stereocenters. The zero-order valence-corrected chi connectivity index (χ0v) is 20.0. The number of nitrogens with one attached hydrogen (secondary N) is 1. The standard InChI is InChI=1S/C26H27N3O7/c1-17-22(25(31)35-14-4-6-19-9-11-27-12-10-19)24(20-7-3-8-21(16-20)29(33)34)23(18(2)28-17)26(32)36-15-5-13-30/h3-4,6-12,16,24,28,30H,5,13-15H2,1-2H3/b6-4+. The van der Waals surface area contributed by atoms with Gasteiger partial charge in [0.25, 0.3) is 5.69 Å². The van der Waals surface area contributed by atoms with Crippen LogP contribution in [-0.2, 0) is 19.1 Å². The maximum Gasteiger partial charge on any atom is 0.337 e. The van der Waals surface area contributed by atoms with Crippen molar-refractivity contribution in [3.63, 3.8) is 0 Å². The third-order valence-electron chi connectivity index (χ3n) is 5.48. The number of rotatable bonds is 10. The highest BCUT2D eigenvalue weighted by Gasteiger charge is 2.38. The maximum absolute atomic E-state index is 13.3. The van der Waals surface area contributed by atoms with Crippen molar-refractivity contribution in [3.05, 3.63) is 98.6 Å². The van der Waals surface area contributed by atoms with Gasteiger partial charge in [-0.25, -0.2) is 9.59 Å². The van der Waals surface area contributed by atoms with E-state index in [9.17, 15) is 19.7 Å². The van der Waals surface area contributed by atoms with Crippen LogP contribution in [0.25, 0.3) is 6.08 Å². The molecule has 0 saturated carbocycles. The van der Waals surface area contributed by atoms with E-state index >= 15 is 0 Å². The van der Waals surface area contributed by atoms with Crippen LogP contribution in [0, 0.1) is 10.1 Å². The van der Waals surface area contributed by atoms with Crippen LogP contribution in [-0.4, -0.2) is 46.8 Å². The van der Waals surface area contributed by atoms with Crippen LogP contribution in [0.5, 0.6) is 0 Å². The lowest BCUT2D eigenvalue weighted by Gasteiger charge is -2.30. The summed E-state index contributed by atoms with van der Waals surface area (Å²) >= 11 is 0. The molecule has 36 heavy (non-hydrogen) atoms. The Balaban J connectivity index is 1.94. The number of nitrogens with zero attached hydrogens (tertiary/aromatic N) is 2. The van der Waals surface area contributed by atoms with E-state index in [2.05, 4.69) is 10.3 Å². The molecular weight excluding hydrogens is 466 g/mol. The zero-order valence-electron chi connectivity index (χ0n) is 20.0. The normalized spacial score (nSPS) is 15.6. The Morgan fingerprint density at radius 2 is 1.78 bits per heavy atom. The van der Waals surface area contributed by atoms with Crippen LogP contribution in [0.3, 0.4) is 0 Å². The summed E-state index contributed by atoms with van der Waals surface area (Å²) in [6.45, 7) is 3.14. The van der Waals surface area contributed by atoms with E-state index in [4.69, 9.17) is 14.6 Å². The number of dihydropyridines is 1. The second-order valence-corrected chi connectivity index (χ2v) is 7.98. The molecule has 1 aliphatic heterocycles. The zero-order chi connectivity index (χ0) is 26.1. The second kappa shape index (κ2) is 12.4. The van der Waals surface area contributed by atoms with Gasteiger partial charge in [-0.15, -0.1) is 0 Å². The number of hydrogen-bond donors (Lipinski definition) is 2. The highest BCUT2D eigenvalue weighted by molar-refractivity contribution is 6.00. The number of aromatic nitrogens is 1. The number of nitro groups is 1. The fraction of sp³-hybridized carbons (Fsp3) is 0.269. The Bertz CT molecular complexity index is 1220. The van der Waals surface area contributed by atoms with Crippen molar-refractivity contribution < 1.29 is 29.1 Å². The number of hydrogen-bond acceptors (Lipinski definition) is 9. The third-order valence-corrected chi connectivity index (χ3v) is 5.48. The topological polar surface area (TPSA) is 141 Å². The van der Waals surface area contributed by atoms with Gasteiger partial charge >= 0.3 is 11.9 Å². The average Bonchev–Trinajstić information content (AvgIpc) is 2.86. The predicted octanol–water partition coefficient (Wildman–Crippen LogP) is 3.41. The van der Waals surface area contributed by atoms with Crippen LogP contribution >= 0.6 is 0 Å². The summed E-state index contributed by atoms with van der Waals surface area (Å²) < 4.78 is 10.8. The molecule has 2 N–H and O–H groups in total. The molecule has 0 bridgehead atoms. The molecule has 2 aromatic rings.